The zero-order chi connectivity index (χ0) is 24.4. The zero-order valence-electron chi connectivity index (χ0n) is 19.1. The zero-order valence-corrected chi connectivity index (χ0v) is 19.8. The van der Waals surface area contributed by atoms with E-state index in [1.54, 1.807) is 43.4 Å². The van der Waals surface area contributed by atoms with Crippen LogP contribution < -0.4 is 15.5 Å². The lowest BCUT2D eigenvalue weighted by atomic mass is 9.97. The van der Waals surface area contributed by atoms with Crippen LogP contribution in [0.25, 0.3) is 5.69 Å². The minimum atomic E-state index is -0.291. The molecule has 35 heavy (non-hydrogen) atoms. The number of hydrogen-bond acceptors (Lipinski definition) is 7. The molecule has 1 aliphatic rings. The van der Waals surface area contributed by atoms with Gasteiger partial charge in [-0.3, -0.25) is 10.3 Å². The van der Waals surface area contributed by atoms with E-state index in [1.165, 1.54) is 12.1 Å². The molecule has 11 heteroatoms. The van der Waals surface area contributed by atoms with E-state index in [0.29, 0.717) is 29.8 Å². The molecule has 1 atom stereocenters. The van der Waals surface area contributed by atoms with Crippen molar-refractivity contribution in [2.24, 2.45) is 0 Å². The van der Waals surface area contributed by atoms with Crippen LogP contribution in [0.5, 0.6) is 5.75 Å². The number of imidazole rings is 1. The third kappa shape index (κ3) is 4.84. The van der Waals surface area contributed by atoms with Gasteiger partial charge in [0.15, 0.2) is 0 Å². The largest absolute Gasteiger partial charge is 0.494 e. The number of aryl methyl sites for hydroxylation is 1. The third-order valence-electron chi connectivity index (χ3n) is 5.67. The minimum Gasteiger partial charge on any atom is -0.494 e. The first kappa shape index (κ1) is 22.9. The standard InChI is InChI=1S/C24H23ClFN7O2/c1-34-21-12-17(7-8-20(21)32-13-22(25)27-14-32)28-24-29-23-19(15-3-5-16(26)6-4-15)11-18(31-35-2)9-10-33(23)30-24/h3-8,11-14,19,31H,9-10H2,1-2H3,(H,28,30). The molecule has 2 N–H and O–H groups in total. The molecule has 5 rings (SSSR count). The maximum absolute atomic E-state index is 13.6. The minimum absolute atomic E-state index is 0.235. The third-order valence-corrected chi connectivity index (χ3v) is 5.86. The predicted molar refractivity (Wildman–Crippen MR) is 130 cm³/mol. The van der Waals surface area contributed by atoms with Crippen molar-refractivity contribution in [3.8, 4) is 11.4 Å². The SMILES string of the molecule is CONC1=CC(c2ccc(F)cc2)c2nc(Nc3ccc(-n4cnc(Cl)c4)c(OC)c3)nn2CC1. The maximum Gasteiger partial charge on any atom is 0.246 e. The molecule has 0 bridgehead atoms. The summed E-state index contributed by atoms with van der Waals surface area (Å²) in [6, 6.07) is 12.0. The van der Waals surface area contributed by atoms with Crippen LogP contribution in [0, 0.1) is 5.82 Å². The molecule has 0 saturated heterocycles. The molecular weight excluding hydrogens is 473 g/mol. The van der Waals surface area contributed by atoms with Crippen molar-refractivity contribution in [2.75, 3.05) is 19.5 Å². The fraction of sp³-hybridized carbons (Fsp3) is 0.208. The first-order valence-electron chi connectivity index (χ1n) is 10.9. The first-order valence-corrected chi connectivity index (χ1v) is 11.3. The number of nitrogens with zero attached hydrogens (tertiary/aromatic N) is 5. The van der Waals surface area contributed by atoms with E-state index >= 15 is 0 Å². The van der Waals surface area contributed by atoms with Gasteiger partial charge >= 0.3 is 0 Å². The van der Waals surface area contributed by atoms with Crippen LogP contribution in [0.3, 0.4) is 0 Å². The quantitative estimate of drug-likeness (QED) is 0.363. The molecule has 0 fully saturated rings. The summed E-state index contributed by atoms with van der Waals surface area (Å²) in [6.07, 6.45) is 6.03. The topological polar surface area (TPSA) is 91.1 Å². The summed E-state index contributed by atoms with van der Waals surface area (Å²) in [7, 11) is 3.17. The molecule has 0 amide bonds. The molecule has 1 aliphatic heterocycles. The van der Waals surface area contributed by atoms with Crippen molar-refractivity contribution in [3.05, 3.63) is 89.1 Å². The Morgan fingerprint density at radius 2 is 1.97 bits per heavy atom. The number of nitrogens with one attached hydrogen (secondary N) is 2. The van der Waals surface area contributed by atoms with E-state index in [2.05, 4.69) is 20.9 Å². The van der Waals surface area contributed by atoms with Crippen LogP contribution in [0.1, 0.15) is 23.7 Å². The summed E-state index contributed by atoms with van der Waals surface area (Å²) < 4.78 is 22.8. The van der Waals surface area contributed by atoms with Crippen molar-refractivity contribution in [1.29, 1.82) is 0 Å². The van der Waals surface area contributed by atoms with Crippen molar-refractivity contribution in [1.82, 2.24) is 29.8 Å². The molecular formula is C24H23ClFN7O2. The highest BCUT2D eigenvalue weighted by molar-refractivity contribution is 6.29. The molecule has 2 aromatic carbocycles. The number of anilines is 2. The van der Waals surface area contributed by atoms with E-state index in [9.17, 15) is 4.39 Å². The highest BCUT2D eigenvalue weighted by Gasteiger charge is 2.24. The van der Waals surface area contributed by atoms with Crippen molar-refractivity contribution in [2.45, 2.75) is 18.9 Å². The average molecular weight is 496 g/mol. The Balaban J connectivity index is 1.46. The van der Waals surface area contributed by atoms with Crippen molar-refractivity contribution >= 4 is 23.2 Å². The molecule has 2 aromatic heterocycles. The summed E-state index contributed by atoms with van der Waals surface area (Å²) in [6.45, 7) is 0.605. The lowest BCUT2D eigenvalue weighted by Crippen LogP contribution is -2.12. The lowest BCUT2D eigenvalue weighted by molar-refractivity contribution is 0.114. The van der Waals surface area contributed by atoms with Crippen LogP contribution >= 0.6 is 11.6 Å². The predicted octanol–water partition coefficient (Wildman–Crippen LogP) is 4.58. The smallest absolute Gasteiger partial charge is 0.246 e. The van der Waals surface area contributed by atoms with Gasteiger partial charge in [0, 0.05) is 36.6 Å². The van der Waals surface area contributed by atoms with E-state index < -0.39 is 0 Å². The van der Waals surface area contributed by atoms with Crippen LogP contribution in [0.15, 0.2) is 66.8 Å². The summed E-state index contributed by atoms with van der Waals surface area (Å²) in [5, 5.41) is 8.34. The Labute approximate surface area is 206 Å². The number of methoxy groups -OCH3 is 1. The molecule has 0 aliphatic carbocycles. The van der Waals surface area contributed by atoms with Gasteiger partial charge in [-0.05, 0) is 35.9 Å². The molecule has 180 valence electrons. The molecule has 1 unspecified atom stereocenters. The number of fused-ring (bicyclic) bond motifs is 1. The van der Waals surface area contributed by atoms with E-state index in [0.717, 1.165) is 28.5 Å². The van der Waals surface area contributed by atoms with Crippen LogP contribution in [-0.2, 0) is 11.4 Å². The Morgan fingerprint density at radius 3 is 2.69 bits per heavy atom. The Hall–Kier alpha value is -3.89. The van der Waals surface area contributed by atoms with Gasteiger partial charge in [-0.1, -0.05) is 23.7 Å². The van der Waals surface area contributed by atoms with Gasteiger partial charge in [-0.25, -0.2) is 14.1 Å². The number of benzene rings is 2. The van der Waals surface area contributed by atoms with Crippen LogP contribution in [-0.4, -0.2) is 38.5 Å². The Bertz CT molecular complexity index is 1370. The van der Waals surface area contributed by atoms with Gasteiger partial charge in [-0.2, -0.15) is 4.98 Å². The highest BCUT2D eigenvalue weighted by atomic mass is 35.5. The van der Waals surface area contributed by atoms with Gasteiger partial charge in [0.05, 0.1) is 25.8 Å². The fourth-order valence-electron chi connectivity index (χ4n) is 4.05. The van der Waals surface area contributed by atoms with Crippen LogP contribution in [0.2, 0.25) is 5.15 Å². The second-order valence-electron chi connectivity index (χ2n) is 7.91. The molecule has 0 radical (unpaired) electrons. The fourth-order valence-corrected chi connectivity index (χ4v) is 4.20. The lowest BCUT2D eigenvalue weighted by Gasteiger charge is -2.13. The van der Waals surface area contributed by atoms with Gasteiger partial charge in [-0.15, -0.1) is 5.10 Å². The van der Waals surface area contributed by atoms with Crippen LogP contribution in [0.4, 0.5) is 16.0 Å². The number of hydroxylamine groups is 1. The normalized spacial score (nSPS) is 15.2. The second kappa shape index (κ2) is 9.77. The van der Waals surface area contributed by atoms with Gasteiger partial charge in [0.2, 0.25) is 5.95 Å². The maximum atomic E-state index is 13.6. The van der Waals surface area contributed by atoms with E-state index in [4.69, 9.17) is 26.2 Å². The van der Waals surface area contributed by atoms with Crippen molar-refractivity contribution in [3.63, 3.8) is 0 Å². The van der Waals surface area contributed by atoms with E-state index in [1.807, 2.05) is 29.0 Å². The summed E-state index contributed by atoms with van der Waals surface area (Å²) in [4.78, 5) is 14.0. The summed E-state index contributed by atoms with van der Waals surface area (Å²) >= 11 is 5.96. The molecule has 0 saturated carbocycles. The molecule has 9 nitrogen and oxygen atoms in total. The number of allylic oxidation sites excluding steroid dienone is 2. The highest BCUT2D eigenvalue weighted by Crippen LogP contribution is 2.32. The molecule has 0 spiro atoms. The number of hydrogen-bond donors (Lipinski definition) is 2. The monoisotopic (exact) mass is 495 g/mol. The van der Waals surface area contributed by atoms with Crippen molar-refractivity contribution < 1.29 is 14.0 Å². The number of aromatic nitrogens is 5. The number of rotatable bonds is 7. The van der Waals surface area contributed by atoms with Gasteiger partial charge < -0.3 is 14.6 Å². The average Bonchev–Trinajstić information content (AvgIpc) is 3.43. The Morgan fingerprint density at radius 1 is 1.14 bits per heavy atom. The molecule has 4 aromatic rings. The summed E-state index contributed by atoms with van der Waals surface area (Å²) in [5.41, 5.74) is 6.28. The second-order valence-corrected chi connectivity index (χ2v) is 8.30. The van der Waals surface area contributed by atoms with Gasteiger partial charge in [0.25, 0.3) is 0 Å². The van der Waals surface area contributed by atoms with E-state index in [-0.39, 0.29) is 11.7 Å². The Kier molecular flexibility index (Phi) is 6.39. The van der Waals surface area contributed by atoms with Gasteiger partial charge in [0.1, 0.15) is 28.9 Å². The molecule has 3 heterocycles. The number of halogens is 2. The first-order chi connectivity index (χ1) is 17.0. The number of ether oxygens (including phenoxy) is 1. The summed E-state index contributed by atoms with van der Waals surface area (Å²) in [5.74, 6) is 1.29.